The monoisotopic (exact) mass is 329 g/mol. The number of aryl methyl sites for hydroxylation is 1. The second kappa shape index (κ2) is 6.56. The lowest BCUT2D eigenvalue weighted by Gasteiger charge is -2.38. The van der Waals surface area contributed by atoms with E-state index in [-0.39, 0.29) is 0 Å². The molecule has 3 rings (SSSR count). The van der Waals surface area contributed by atoms with Crippen molar-refractivity contribution in [3.63, 3.8) is 0 Å². The molecule has 0 heterocycles. The fraction of sp³-hybridized carbons (Fsp3) is 0.368. The van der Waals surface area contributed by atoms with E-state index in [0.717, 1.165) is 36.8 Å². The van der Waals surface area contributed by atoms with Crippen LogP contribution in [0.25, 0.3) is 0 Å². The van der Waals surface area contributed by atoms with Crippen molar-refractivity contribution < 1.29 is 8.76 Å². The fourth-order valence-corrected chi connectivity index (χ4v) is 4.84. The summed E-state index contributed by atoms with van der Waals surface area (Å²) in [6.45, 7) is 1.95. The summed E-state index contributed by atoms with van der Waals surface area (Å²) in [6, 6.07) is 17.0. The molecule has 0 aromatic heterocycles. The van der Waals surface area contributed by atoms with Crippen LogP contribution >= 0.6 is 0 Å². The van der Waals surface area contributed by atoms with E-state index in [9.17, 15) is 8.76 Å². The SMILES string of the molecule is Cc1ccc([S+](=O)([O-])NC2(c3ccccc3)CCCCC2)cc1. The zero-order valence-corrected chi connectivity index (χ0v) is 14.3. The van der Waals surface area contributed by atoms with E-state index in [1.165, 1.54) is 6.42 Å². The highest BCUT2D eigenvalue weighted by Crippen LogP contribution is 2.39. The van der Waals surface area contributed by atoms with Crippen molar-refractivity contribution in [1.82, 2.24) is 4.72 Å². The van der Waals surface area contributed by atoms with Crippen LogP contribution in [0.3, 0.4) is 0 Å². The van der Waals surface area contributed by atoms with Gasteiger partial charge >= 0.3 is 0 Å². The molecule has 1 aliphatic rings. The van der Waals surface area contributed by atoms with Crippen molar-refractivity contribution in [3.8, 4) is 0 Å². The summed E-state index contributed by atoms with van der Waals surface area (Å²) >= 11 is 0. The van der Waals surface area contributed by atoms with Crippen LogP contribution in [0, 0.1) is 6.92 Å². The second-order valence-corrected chi connectivity index (χ2v) is 8.11. The molecule has 1 unspecified atom stereocenters. The van der Waals surface area contributed by atoms with Gasteiger partial charge in [-0.1, -0.05) is 71.5 Å². The Labute approximate surface area is 139 Å². The van der Waals surface area contributed by atoms with Crippen LogP contribution < -0.4 is 4.72 Å². The van der Waals surface area contributed by atoms with Crippen molar-refractivity contribution in [3.05, 3.63) is 65.7 Å². The molecule has 0 saturated heterocycles. The van der Waals surface area contributed by atoms with E-state index < -0.39 is 15.9 Å². The lowest BCUT2D eigenvalue weighted by molar-refractivity contribution is 0.265. The molecule has 122 valence electrons. The molecule has 23 heavy (non-hydrogen) atoms. The third-order valence-corrected chi connectivity index (χ3v) is 6.25. The van der Waals surface area contributed by atoms with Gasteiger partial charge in [0.2, 0.25) is 0 Å². The zero-order chi connectivity index (χ0) is 16.3. The first-order valence-electron chi connectivity index (χ1n) is 8.18. The normalized spacial score (nSPS) is 19.9. The van der Waals surface area contributed by atoms with Crippen LogP contribution in [0.1, 0.15) is 43.2 Å². The molecule has 1 N–H and O–H groups in total. The Morgan fingerprint density at radius 3 is 2.17 bits per heavy atom. The Bertz CT molecular complexity index is 691. The van der Waals surface area contributed by atoms with E-state index >= 15 is 0 Å². The molecule has 1 fully saturated rings. The number of sulfonamides is 1. The standard InChI is InChI=1S/C19H23NO2S/c1-16-10-12-18(13-11-16)23(21,22)20-19(14-6-3-7-15-19)17-8-4-2-5-9-17/h2,4-5,8-13H,3,6-7,14-15H2,1H3,(H-,20,21,22). The molecular weight excluding hydrogens is 306 g/mol. The van der Waals surface area contributed by atoms with Gasteiger partial charge in [0, 0.05) is 0 Å². The van der Waals surface area contributed by atoms with Crippen LogP contribution in [0.15, 0.2) is 59.5 Å². The highest BCUT2D eigenvalue weighted by atomic mass is 32.3. The molecule has 0 radical (unpaired) electrons. The maximum atomic E-state index is 12.9. The van der Waals surface area contributed by atoms with Gasteiger partial charge in [-0.05, 0) is 37.5 Å². The van der Waals surface area contributed by atoms with Crippen LogP contribution in [0.5, 0.6) is 0 Å². The van der Waals surface area contributed by atoms with E-state index in [1.54, 1.807) is 12.1 Å². The van der Waals surface area contributed by atoms with Crippen molar-refractivity contribution in [1.29, 1.82) is 0 Å². The number of benzene rings is 2. The lowest BCUT2D eigenvalue weighted by atomic mass is 9.77. The van der Waals surface area contributed by atoms with Crippen LogP contribution in [0.2, 0.25) is 0 Å². The molecule has 0 spiro atoms. The maximum absolute atomic E-state index is 12.9. The average molecular weight is 329 g/mol. The Morgan fingerprint density at radius 2 is 1.57 bits per heavy atom. The topological polar surface area (TPSA) is 52.2 Å². The average Bonchev–Trinajstić information content (AvgIpc) is 2.56. The van der Waals surface area contributed by atoms with Crippen LogP contribution in [-0.4, -0.2) is 4.55 Å². The van der Waals surface area contributed by atoms with Gasteiger partial charge in [-0.25, -0.2) is 0 Å². The van der Waals surface area contributed by atoms with Gasteiger partial charge in [-0.15, -0.1) is 4.72 Å². The Kier molecular flexibility index (Phi) is 4.67. The number of hydrogen-bond acceptors (Lipinski definition) is 2. The highest BCUT2D eigenvalue weighted by Gasteiger charge is 2.40. The summed E-state index contributed by atoms with van der Waals surface area (Å²) in [5.74, 6) is 0. The van der Waals surface area contributed by atoms with Gasteiger partial charge < -0.3 is 4.55 Å². The molecule has 1 saturated carbocycles. The molecule has 0 amide bonds. The summed E-state index contributed by atoms with van der Waals surface area (Å²) in [5.41, 5.74) is 1.64. The second-order valence-electron chi connectivity index (χ2n) is 6.43. The summed E-state index contributed by atoms with van der Waals surface area (Å²) in [4.78, 5) is 0.337. The van der Waals surface area contributed by atoms with E-state index in [2.05, 4.69) is 4.72 Å². The zero-order valence-electron chi connectivity index (χ0n) is 13.5. The van der Waals surface area contributed by atoms with Gasteiger partial charge in [0.15, 0.2) is 15.3 Å². The first-order valence-corrected chi connectivity index (χ1v) is 9.66. The summed E-state index contributed by atoms with van der Waals surface area (Å²) in [5, 5.41) is 0. The van der Waals surface area contributed by atoms with Gasteiger partial charge in [0.05, 0.1) is 5.54 Å². The molecule has 3 nitrogen and oxygen atoms in total. The fourth-order valence-electron chi connectivity index (χ4n) is 3.40. The van der Waals surface area contributed by atoms with Crippen molar-refractivity contribution in [2.24, 2.45) is 0 Å². The minimum absolute atomic E-state index is 0.337. The van der Waals surface area contributed by atoms with Crippen molar-refractivity contribution in [2.75, 3.05) is 0 Å². The Morgan fingerprint density at radius 1 is 0.957 bits per heavy atom. The third kappa shape index (κ3) is 3.55. The molecular formula is C19H23NO2S. The van der Waals surface area contributed by atoms with Crippen molar-refractivity contribution >= 4 is 10.4 Å². The molecule has 2 aromatic carbocycles. The van der Waals surface area contributed by atoms with Crippen LogP contribution in [0.4, 0.5) is 0 Å². The molecule has 0 aliphatic heterocycles. The first kappa shape index (κ1) is 16.4. The maximum Gasteiger partial charge on any atom is 0.175 e. The van der Waals surface area contributed by atoms with Gasteiger partial charge in [-0.2, -0.15) is 0 Å². The Balaban J connectivity index is 1.95. The number of nitrogens with one attached hydrogen (secondary N) is 1. The molecule has 4 heteroatoms. The highest BCUT2D eigenvalue weighted by molar-refractivity contribution is 7.95. The third-order valence-electron chi connectivity index (χ3n) is 4.69. The van der Waals surface area contributed by atoms with Crippen LogP contribution in [-0.2, 0) is 20.1 Å². The van der Waals surface area contributed by atoms with Crippen molar-refractivity contribution in [2.45, 2.75) is 49.5 Å². The van der Waals surface area contributed by atoms with E-state index in [0.29, 0.717) is 4.90 Å². The molecule has 1 aliphatic carbocycles. The smallest absolute Gasteiger partial charge is 0.175 e. The predicted molar refractivity (Wildman–Crippen MR) is 92.6 cm³/mol. The number of rotatable bonds is 4. The predicted octanol–water partition coefficient (Wildman–Crippen LogP) is 4.35. The first-order chi connectivity index (χ1) is 11.0. The lowest BCUT2D eigenvalue weighted by Crippen LogP contribution is -2.49. The minimum atomic E-state index is -3.53. The largest absolute Gasteiger partial charge is 0.593 e. The summed E-state index contributed by atoms with van der Waals surface area (Å²) in [6.07, 6.45) is 4.96. The Hall–Kier alpha value is -1.49. The van der Waals surface area contributed by atoms with Gasteiger partial charge in [-0.3, -0.25) is 0 Å². The molecule has 0 bridgehead atoms. The summed E-state index contributed by atoms with van der Waals surface area (Å²) in [7, 11) is -3.53. The van der Waals surface area contributed by atoms with Gasteiger partial charge in [0.1, 0.15) is 0 Å². The minimum Gasteiger partial charge on any atom is -0.593 e. The quantitative estimate of drug-likeness (QED) is 0.848. The summed E-state index contributed by atoms with van der Waals surface area (Å²) < 4.78 is 28.8. The van der Waals surface area contributed by atoms with E-state index in [4.69, 9.17) is 0 Å². The molecule has 2 aromatic rings. The van der Waals surface area contributed by atoms with E-state index in [1.807, 2.05) is 49.4 Å². The van der Waals surface area contributed by atoms with Gasteiger partial charge in [0.25, 0.3) is 0 Å². The number of hydrogen-bond donors (Lipinski definition) is 1. The molecule has 1 atom stereocenters.